The quantitative estimate of drug-likeness (QED) is 0.726. The Bertz CT molecular complexity index is 828. The molecule has 0 N–H and O–H groups in total. The number of carbonyl (C=O) groups is 1. The molecule has 3 aromatic rings. The first-order valence-corrected chi connectivity index (χ1v) is 9.02. The van der Waals surface area contributed by atoms with Crippen molar-refractivity contribution < 1.29 is 4.79 Å². The van der Waals surface area contributed by atoms with Crippen LogP contribution in [0.5, 0.6) is 0 Å². The SMILES string of the molecule is O=C(c1ccccn1)N1CCN(c2ccc(-c3cccs3)nn2)CC1. The summed E-state index contributed by atoms with van der Waals surface area (Å²) < 4.78 is 0. The fourth-order valence-electron chi connectivity index (χ4n) is 2.84. The van der Waals surface area contributed by atoms with Gasteiger partial charge in [0.2, 0.25) is 0 Å². The molecule has 0 atom stereocenters. The predicted octanol–water partition coefficient (Wildman–Crippen LogP) is 2.56. The zero-order valence-electron chi connectivity index (χ0n) is 13.6. The molecule has 1 aliphatic rings. The molecule has 1 saturated heterocycles. The van der Waals surface area contributed by atoms with Gasteiger partial charge in [-0.05, 0) is 35.7 Å². The number of hydrogen-bond donors (Lipinski definition) is 0. The molecule has 0 bridgehead atoms. The van der Waals surface area contributed by atoms with E-state index in [1.807, 2.05) is 46.7 Å². The van der Waals surface area contributed by atoms with Crippen LogP contribution >= 0.6 is 11.3 Å². The van der Waals surface area contributed by atoms with Crippen molar-refractivity contribution in [1.29, 1.82) is 0 Å². The second-order valence-corrected chi connectivity index (χ2v) is 6.70. The standard InChI is InChI=1S/C18H17N5OS/c24-18(15-4-1-2-8-19-15)23-11-9-22(10-12-23)17-7-6-14(20-21-17)16-5-3-13-25-16/h1-8,13H,9-12H2. The highest BCUT2D eigenvalue weighted by atomic mass is 32.1. The Morgan fingerprint density at radius 3 is 2.48 bits per heavy atom. The molecular weight excluding hydrogens is 334 g/mol. The number of nitrogens with zero attached hydrogens (tertiary/aromatic N) is 5. The van der Waals surface area contributed by atoms with Gasteiger partial charge in [-0.3, -0.25) is 9.78 Å². The molecule has 4 rings (SSSR count). The van der Waals surface area contributed by atoms with E-state index in [1.165, 1.54) is 0 Å². The summed E-state index contributed by atoms with van der Waals surface area (Å²) >= 11 is 1.65. The van der Waals surface area contributed by atoms with Crippen molar-refractivity contribution in [2.45, 2.75) is 0 Å². The third-order valence-electron chi connectivity index (χ3n) is 4.20. The van der Waals surface area contributed by atoms with E-state index >= 15 is 0 Å². The van der Waals surface area contributed by atoms with Crippen LogP contribution in [-0.4, -0.2) is 52.2 Å². The number of rotatable bonds is 3. The van der Waals surface area contributed by atoms with E-state index in [1.54, 1.807) is 23.6 Å². The molecule has 7 heteroatoms. The fraction of sp³-hybridized carbons (Fsp3) is 0.222. The molecule has 0 spiro atoms. The lowest BCUT2D eigenvalue weighted by Gasteiger charge is -2.35. The third kappa shape index (κ3) is 3.36. The molecule has 25 heavy (non-hydrogen) atoms. The first-order chi connectivity index (χ1) is 12.3. The van der Waals surface area contributed by atoms with Crippen molar-refractivity contribution in [2.24, 2.45) is 0 Å². The van der Waals surface area contributed by atoms with E-state index in [0.717, 1.165) is 29.5 Å². The summed E-state index contributed by atoms with van der Waals surface area (Å²) in [5, 5.41) is 10.7. The van der Waals surface area contributed by atoms with Gasteiger partial charge in [0.25, 0.3) is 5.91 Å². The van der Waals surface area contributed by atoms with Crippen molar-refractivity contribution in [1.82, 2.24) is 20.1 Å². The molecule has 0 aliphatic carbocycles. The summed E-state index contributed by atoms with van der Waals surface area (Å²) in [4.78, 5) is 21.7. The van der Waals surface area contributed by atoms with E-state index in [4.69, 9.17) is 0 Å². The number of carbonyl (C=O) groups excluding carboxylic acids is 1. The van der Waals surface area contributed by atoms with Crippen LogP contribution in [0.3, 0.4) is 0 Å². The monoisotopic (exact) mass is 351 g/mol. The fourth-order valence-corrected chi connectivity index (χ4v) is 3.53. The van der Waals surface area contributed by atoms with Gasteiger partial charge in [0, 0.05) is 32.4 Å². The molecular formula is C18H17N5OS. The van der Waals surface area contributed by atoms with Crippen LogP contribution in [0.1, 0.15) is 10.5 Å². The second kappa shape index (κ2) is 6.98. The molecule has 1 amide bonds. The Balaban J connectivity index is 1.39. The van der Waals surface area contributed by atoms with Gasteiger partial charge in [0.1, 0.15) is 11.4 Å². The van der Waals surface area contributed by atoms with E-state index in [2.05, 4.69) is 20.1 Å². The molecule has 4 heterocycles. The van der Waals surface area contributed by atoms with Crippen LogP contribution in [0, 0.1) is 0 Å². The molecule has 3 aromatic heterocycles. The Labute approximate surface area is 149 Å². The van der Waals surface area contributed by atoms with Gasteiger partial charge in [-0.25, -0.2) is 0 Å². The van der Waals surface area contributed by atoms with Gasteiger partial charge in [0.05, 0.1) is 4.88 Å². The number of anilines is 1. The van der Waals surface area contributed by atoms with Gasteiger partial charge < -0.3 is 9.80 Å². The largest absolute Gasteiger partial charge is 0.352 e. The van der Waals surface area contributed by atoms with Crippen LogP contribution < -0.4 is 4.90 Å². The molecule has 1 aliphatic heterocycles. The number of amides is 1. The molecule has 0 radical (unpaired) electrons. The number of hydrogen-bond acceptors (Lipinski definition) is 6. The maximum absolute atomic E-state index is 12.4. The van der Waals surface area contributed by atoms with Crippen molar-refractivity contribution >= 4 is 23.1 Å². The minimum atomic E-state index is -0.0145. The molecule has 0 unspecified atom stereocenters. The van der Waals surface area contributed by atoms with Crippen LogP contribution in [0.15, 0.2) is 54.0 Å². The zero-order chi connectivity index (χ0) is 17.1. The van der Waals surface area contributed by atoms with Crippen LogP contribution in [0.25, 0.3) is 10.6 Å². The van der Waals surface area contributed by atoms with Crippen LogP contribution in [0.4, 0.5) is 5.82 Å². The molecule has 1 fully saturated rings. The first kappa shape index (κ1) is 15.7. The number of piperazine rings is 1. The zero-order valence-corrected chi connectivity index (χ0v) is 14.4. The van der Waals surface area contributed by atoms with Crippen LogP contribution in [-0.2, 0) is 0 Å². The summed E-state index contributed by atoms with van der Waals surface area (Å²) in [6.45, 7) is 2.80. The lowest BCUT2D eigenvalue weighted by atomic mass is 10.2. The summed E-state index contributed by atoms with van der Waals surface area (Å²) in [5.41, 5.74) is 1.39. The normalized spacial score (nSPS) is 14.6. The highest BCUT2D eigenvalue weighted by Crippen LogP contribution is 2.23. The minimum Gasteiger partial charge on any atom is -0.352 e. The number of thiophene rings is 1. The number of aromatic nitrogens is 3. The Kier molecular flexibility index (Phi) is 4.39. The van der Waals surface area contributed by atoms with Gasteiger partial charge in [-0.1, -0.05) is 12.1 Å². The molecule has 0 aromatic carbocycles. The summed E-state index contributed by atoms with van der Waals surface area (Å²) in [6, 6.07) is 13.4. The van der Waals surface area contributed by atoms with E-state index in [9.17, 15) is 4.79 Å². The summed E-state index contributed by atoms with van der Waals surface area (Å²) in [6.07, 6.45) is 1.65. The van der Waals surface area contributed by atoms with Gasteiger partial charge in [-0.15, -0.1) is 21.5 Å². The van der Waals surface area contributed by atoms with Crippen molar-refractivity contribution in [3.05, 3.63) is 59.7 Å². The topological polar surface area (TPSA) is 62.2 Å². The Morgan fingerprint density at radius 2 is 1.84 bits per heavy atom. The average molecular weight is 351 g/mol. The highest BCUT2D eigenvalue weighted by Gasteiger charge is 2.23. The van der Waals surface area contributed by atoms with Gasteiger partial charge in [0.15, 0.2) is 5.82 Å². The third-order valence-corrected chi connectivity index (χ3v) is 5.09. The molecule has 0 saturated carbocycles. The maximum atomic E-state index is 12.4. The minimum absolute atomic E-state index is 0.0145. The molecule has 126 valence electrons. The molecule has 6 nitrogen and oxygen atoms in total. The van der Waals surface area contributed by atoms with Gasteiger partial charge >= 0.3 is 0 Å². The maximum Gasteiger partial charge on any atom is 0.272 e. The lowest BCUT2D eigenvalue weighted by Crippen LogP contribution is -2.49. The summed E-state index contributed by atoms with van der Waals surface area (Å²) in [7, 11) is 0. The smallest absolute Gasteiger partial charge is 0.272 e. The van der Waals surface area contributed by atoms with E-state index in [0.29, 0.717) is 18.8 Å². The summed E-state index contributed by atoms with van der Waals surface area (Å²) in [5.74, 6) is 0.838. The highest BCUT2D eigenvalue weighted by molar-refractivity contribution is 7.13. The predicted molar refractivity (Wildman–Crippen MR) is 97.7 cm³/mol. The Hall–Kier alpha value is -2.80. The average Bonchev–Trinajstić information content (AvgIpc) is 3.23. The Morgan fingerprint density at radius 1 is 0.960 bits per heavy atom. The first-order valence-electron chi connectivity index (χ1n) is 8.14. The van der Waals surface area contributed by atoms with E-state index in [-0.39, 0.29) is 5.91 Å². The second-order valence-electron chi connectivity index (χ2n) is 5.75. The van der Waals surface area contributed by atoms with Crippen molar-refractivity contribution in [3.8, 4) is 10.6 Å². The van der Waals surface area contributed by atoms with Gasteiger partial charge in [-0.2, -0.15) is 0 Å². The van der Waals surface area contributed by atoms with Crippen molar-refractivity contribution in [3.63, 3.8) is 0 Å². The van der Waals surface area contributed by atoms with Crippen LogP contribution in [0.2, 0.25) is 0 Å². The van der Waals surface area contributed by atoms with E-state index < -0.39 is 0 Å². The lowest BCUT2D eigenvalue weighted by molar-refractivity contribution is 0.0740. The number of pyridine rings is 1. The van der Waals surface area contributed by atoms with Crippen molar-refractivity contribution in [2.75, 3.05) is 31.1 Å².